The molecule has 4 aliphatic rings. The number of benzene rings is 2. The van der Waals surface area contributed by atoms with Gasteiger partial charge < -0.3 is 19.2 Å². The summed E-state index contributed by atoms with van der Waals surface area (Å²) >= 11 is 0. The van der Waals surface area contributed by atoms with Gasteiger partial charge in [-0.15, -0.1) is 0 Å². The second-order valence-electron chi connectivity index (χ2n) is 10.8. The van der Waals surface area contributed by atoms with Gasteiger partial charge >= 0.3 is 5.97 Å². The van der Waals surface area contributed by atoms with Gasteiger partial charge in [0.2, 0.25) is 0 Å². The zero-order valence-corrected chi connectivity index (χ0v) is 20.5. The lowest BCUT2D eigenvalue weighted by molar-refractivity contribution is -0.118. The van der Waals surface area contributed by atoms with Crippen molar-refractivity contribution in [2.75, 3.05) is 19.0 Å². The largest absolute Gasteiger partial charge is 0.484 e. The van der Waals surface area contributed by atoms with Gasteiger partial charge in [0, 0.05) is 5.56 Å². The molecule has 3 aromatic rings. The van der Waals surface area contributed by atoms with Crippen LogP contribution in [0.1, 0.15) is 54.4 Å². The predicted octanol–water partition coefficient (Wildman–Crippen LogP) is 6.22. The number of hydrogen-bond donors (Lipinski definition) is 1. The van der Waals surface area contributed by atoms with E-state index < -0.39 is 5.97 Å². The average Bonchev–Trinajstić information content (AvgIpc) is 3.42. The third-order valence-corrected chi connectivity index (χ3v) is 8.43. The van der Waals surface area contributed by atoms with Crippen LogP contribution in [-0.4, -0.2) is 25.6 Å². The summed E-state index contributed by atoms with van der Waals surface area (Å²) in [7, 11) is 1.31. The molecule has 36 heavy (non-hydrogen) atoms. The lowest BCUT2D eigenvalue weighted by Gasteiger charge is -2.57. The van der Waals surface area contributed by atoms with E-state index in [4.69, 9.17) is 13.9 Å². The molecule has 0 atom stereocenters. The molecule has 6 heteroatoms. The Morgan fingerprint density at radius 3 is 2.25 bits per heavy atom. The van der Waals surface area contributed by atoms with Crippen LogP contribution in [-0.2, 0) is 14.9 Å². The van der Waals surface area contributed by atoms with Crippen molar-refractivity contribution in [1.29, 1.82) is 0 Å². The average molecular weight is 486 g/mol. The number of carbonyl (C=O) groups excluding carboxylic acids is 2. The van der Waals surface area contributed by atoms with Crippen molar-refractivity contribution in [1.82, 2.24) is 0 Å². The maximum Gasteiger partial charge on any atom is 0.339 e. The predicted molar refractivity (Wildman–Crippen MR) is 136 cm³/mol. The summed E-state index contributed by atoms with van der Waals surface area (Å²) < 4.78 is 15.8. The smallest absolute Gasteiger partial charge is 0.339 e. The minimum absolute atomic E-state index is 0.152. The van der Waals surface area contributed by atoms with Gasteiger partial charge in [-0.2, -0.15) is 0 Å². The quantitative estimate of drug-likeness (QED) is 0.402. The van der Waals surface area contributed by atoms with Crippen LogP contribution in [0.4, 0.5) is 5.69 Å². The van der Waals surface area contributed by atoms with E-state index in [-0.39, 0.29) is 18.1 Å². The fraction of sp³-hybridized carbons (Fsp3) is 0.400. The molecule has 4 bridgehead atoms. The Morgan fingerprint density at radius 1 is 0.944 bits per heavy atom. The van der Waals surface area contributed by atoms with Gasteiger partial charge in [0.25, 0.3) is 5.91 Å². The maximum absolute atomic E-state index is 12.7. The normalized spacial score (nSPS) is 26.0. The van der Waals surface area contributed by atoms with E-state index in [0.29, 0.717) is 16.9 Å². The number of furan rings is 1. The van der Waals surface area contributed by atoms with E-state index in [1.165, 1.54) is 51.2 Å². The highest BCUT2D eigenvalue weighted by Crippen LogP contribution is 2.60. The number of nitrogens with one attached hydrogen (secondary N) is 1. The molecule has 1 heterocycles. The molecule has 0 spiro atoms. The van der Waals surface area contributed by atoms with Crippen molar-refractivity contribution in [2.45, 2.75) is 43.9 Å². The number of ether oxygens (including phenoxy) is 2. The Kier molecular flexibility index (Phi) is 5.82. The van der Waals surface area contributed by atoms with Crippen LogP contribution in [0.15, 0.2) is 65.5 Å². The van der Waals surface area contributed by atoms with Gasteiger partial charge in [-0.1, -0.05) is 18.2 Å². The van der Waals surface area contributed by atoms with E-state index in [1.54, 1.807) is 30.7 Å². The van der Waals surface area contributed by atoms with Crippen molar-refractivity contribution < 1.29 is 23.5 Å². The molecular formula is C30H31NO5. The molecule has 1 N–H and O–H groups in total. The number of amides is 1. The van der Waals surface area contributed by atoms with E-state index >= 15 is 0 Å². The number of rotatable bonds is 7. The Hall–Kier alpha value is -3.54. The lowest BCUT2D eigenvalue weighted by atomic mass is 9.48. The van der Waals surface area contributed by atoms with Gasteiger partial charge in [0.15, 0.2) is 6.61 Å². The van der Waals surface area contributed by atoms with Crippen LogP contribution in [0.3, 0.4) is 0 Å². The monoisotopic (exact) mass is 485 g/mol. The minimum Gasteiger partial charge on any atom is -0.484 e. The van der Waals surface area contributed by atoms with Gasteiger partial charge in [-0.25, -0.2) is 4.79 Å². The molecule has 4 aliphatic carbocycles. The van der Waals surface area contributed by atoms with Crippen LogP contribution in [0.25, 0.3) is 11.1 Å². The molecule has 6 nitrogen and oxygen atoms in total. The summed E-state index contributed by atoms with van der Waals surface area (Å²) in [5.41, 5.74) is 4.04. The fourth-order valence-electron chi connectivity index (χ4n) is 7.24. The van der Waals surface area contributed by atoms with Crippen LogP contribution in [0.5, 0.6) is 5.75 Å². The van der Waals surface area contributed by atoms with E-state index in [9.17, 15) is 9.59 Å². The van der Waals surface area contributed by atoms with Crippen molar-refractivity contribution in [2.24, 2.45) is 17.8 Å². The molecule has 7 rings (SSSR count). The summed E-state index contributed by atoms with van der Waals surface area (Å²) in [5, 5.41) is 2.78. The lowest BCUT2D eigenvalue weighted by Crippen LogP contribution is -2.48. The highest BCUT2D eigenvalue weighted by Gasteiger charge is 2.51. The molecule has 0 radical (unpaired) electrons. The molecule has 0 unspecified atom stereocenters. The standard InChI is InChI=1S/C30H31NO5/c1-34-29(33)26-13-22(23-8-9-35-17-23)2-7-27(26)31-28(32)18-36-25-5-3-24(4-6-25)30-14-19-10-20(15-30)12-21(11-19)16-30/h2-9,13,17,19-21H,10-12,14-16,18H2,1H3,(H,31,32). The van der Waals surface area contributed by atoms with Gasteiger partial charge in [-0.3, -0.25) is 4.79 Å². The minimum atomic E-state index is -0.531. The first-order chi connectivity index (χ1) is 17.5. The Bertz CT molecular complexity index is 1230. The van der Waals surface area contributed by atoms with Crippen molar-refractivity contribution in [3.05, 3.63) is 72.2 Å². The van der Waals surface area contributed by atoms with E-state index in [1.807, 2.05) is 18.2 Å². The Morgan fingerprint density at radius 2 is 1.64 bits per heavy atom. The first-order valence-corrected chi connectivity index (χ1v) is 12.8. The first-order valence-electron chi connectivity index (χ1n) is 12.8. The third kappa shape index (κ3) is 4.29. The van der Waals surface area contributed by atoms with E-state index in [2.05, 4.69) is 17.4 Å². The zero-order chi connectivity index (χ0) is 24.7. The van der Waals surface area contributed by atoms with Crippen molar-refractivity contribution >= 4 is 17.6 Å². The number of anilines is 1. The Balaban J connectivity index is 1.10. The number of carbonyl (C=O) groups is 2. The molecule has 4 saturated carbocycles. The van der Waals surface area contributed by atoms with Crippen LogP contribution in [0.2, 0.25) is 0 Å². The van der Waals surface area contributed by atoms with Crippen LogP contribution < -0.4 is 10.1 Å². The molecule has 1 aromatic heterocycles. The van der Waals surface area contributed by atoms with Gasteiger partial charge in [-0.05, 0) is 103 Å². The molecule has 2 aromatic carbocycles. The van der Waals surface area contributed by atoms with E-state index in [0.717, 1.165) is 28.9 Å². The molecule has 1 amide bonds. The fourth-order valence-corrected chi connectivity index (χ4v) is 7.24. The molecule has 0 saturated heterocycles. The van der Waals surface area contributed by atoms with Crippen molar-refractivity contribution in [3.8, 4) is 16.9 Å². The second-order valence-corrected chi connectivity index (χ2v) is 10.8. The second kappa shape index (κ2) is 9.16. The molecule has 4 fully saturated rings. The summed E-state index contributed by atoms with van der Waals surface area (Å²) in [5.74, 6) is 2.50. The van der Waals surface area contributed by atoms with Crippen molar-refractivity contribution in [3.63, 3.8) is 0 Å². The molecule has 0 aliphatic heterocycles. The van der Waals surface area contributed by atoms with Gasteiger partial charge in [0.05, 0.1) is 30.9 Å². The van der Waals surface area contributed by atoms with Crippen LogP contribution in [0, 0.1) is 17.8 Å². The molecular weight excluding hydrogens is 454 g/mol. The summed E-state index contributed by atoms with van der Waals surface area (Å²) in [4.78, 5) is 25.0. The molecule has 186 valence electrons. The highest BCUT2D eigenvalue weighted by molar-refractivity contribution is 6.02. The zero-order valence-electron chi connectivity index (χ0n) is 20.5. The number of hydrogen-bond acceptors (Lipinski definition) is 5. The summed E-state index contributed by atoms with van der Waals surface area (Å²) in [6, 6.07) is 15.4. The van der Waals surface area contributed by atoms with Gasteiger partial charge in [0.1, 0.15) is 5.75 Å². The topological polar surface area (TPSA) is 77.8 Å². The number of esters is 1. The maximum atomic E-state index is 12.7. The number of methoxy groups -OCH3 is 1. The summed E-state index contributed by atoms with van der Waals surface area (Å²) in [6.07, 6.45) is 11.4. The SMILES string of the molecule is COC(=O)c1cc(-c2ccoc2)ccc1NC(=O)COc1ccc(C23CC4CC(CC(C4)C2)C3)cc1. The summed E-state index contributed by atoms with van der Waals surface area (Å²) in [6.45, 7) is -0.152. The highest BCUT2D eigenvalue weighted by atomic mass is 16.5. The first kappa shape index (κ1) is 22.9. The Labute approximate surface area is 211 Å². The third-order valence-electron chi connectivity index (χ3n) is 8.43. The van der Waals surface area contributed by atoms with Crippen LogP contribution >= 0.6 is 0 Å².